The highest BCUT2D eigenvalue weighted by Gasteiger charge is 2.40. The molecule has 0 aliphatic heterocycles. The van der Waals surface area contributed by atoms with Gasteiger partial charge in [-0.05, 0) is 37.5 Å². The second-order valence-corrected chi connectivity index (χ2v) is 6.66. The van der Waals surface area contributed by atoms with Crippen LogP contribution in [0.3, 0.4) is 0 Å². The summed E-state index contributed by atoms with van der Waals surface area (Å²) in [5.74, 6) is -2.92. The lowest BCUT2D eigenvalue weighted by Crippen LogP contribution is -2.29. The Bertz CT molecular complexity index is 914. The summed E-state index contributed by atoms with van der Waals surface area (Å²) in [5.41, 5.74) is -0.526. The first kappa shape index (κ1) is 20.1. The van der Waals surface area contributed by atoms with Crippen LogP contribution in [-0.4, -0.2) is 28.7 Å². The van der Waals surface area contributed by atoms with Crippen molar-refractivity contribution in [2.75, 3.05) is 11.9 Å². The third-order valence-electron chi connectivity index (χ3n) is 4.30. The van der Waals surface area contributed by atoms with Crippen molar-refractivity contribution in [2.45, 2.75) is 25.4 Å². The third kappa shape index (κ3) is 4.44. The second-order valence-electron chi connectivity index (χ2n) is 6.25. The van der Waals surface area contributed by atoms with Crippen molar-refractivity contribution in [1.82, 2.24) is 10.2 Å². The number of aromatic amines is 1. The predicted octanol–water partition coefficient (Wildman–Crippen LogP) is 3.51. The number of hydrogen-bond donors (Lipinski definition) is 2. The molecule has 0 radical (unpaired) electrons. The molecule has 2 N–H and O–H groups in total. The van der Waals surface area contributed by atoms with Crippen molar-refractivity contribution in [3.05, 3.63) is 46.0 Å². The van der Waals surface area contributed by atoms with Crippen LogP contribution in [-0.2, 0) is 33.3 Å². The first-order chi connectivity index (χ1) is 13.1. The maximum Gasteiger partial charge on any atom is 0.435 e. The fraction of sp³-hybridized carbons (Fsp3) is 0.353. The first-order valence-electron chi connectivity index (χ1n) is 8.20. The average molecular weight is 420 g/mol. The molecule has 0 unspecified atom stereocenters. The maximum absolute atomic E-state index is 13.1. The topological polar surface area (TPSA) is 84.1 Å². The lowest BCUT2D eigenvalue weighted by Gasteiger charge is -2.21. The van der Waals surface area contributed by atoms with Gasteiger partial charge in [0.2, 0.25) is 0 Å². The SMILES string of the molecule is O=C(COC(=O)[C@@H]1CCc2[nH]nc(C(F)(F)F)c2C1)Nc1ccc(F)c(Cl)c1. The average Bonchev–Trinajstić information content (AvgIpc) is 3.06. The monoisotopic (exact) mass is 419 g/mol. The van der Waals surface area contributed by atoms with E-state index in [1.54, 1.807) is 0 Å². The molecule has 0 saturated heterocycles. The molecule has 1 aliphatic rings. The summed E-state index contributed by atoms with van der Waals surface area (Å²) in [5, 5.41) is 7.84. The maximum atomic E-state index is 13.1. The van der Waals surface area contributed by atoms with E-state index in [1.807, 2.05) is 0 Å². The summed E-state index contributed by atoms with van der Waals surface area (Å²) < 4.78 is 56.9. The Hall–Kier alpha value is -2.62. The van der Waals surface area contributed by atoms with Crippen molar-refractivity contribution >= 4 is 29.2 Å². The predicted molar refractivity (Wildman–Crippen MR) is 90.1 cm³/mol. The standard InChI is InChI=1S/C17H14ClF4N3O3/c18-11-6-9(2-3-12(11)19)23-14(26)7-28-16(27)8-1-4-13-10(5-8)15(25-24-13)17(20,21)22/h2-3,6,8H,1,4-5,7H2,(H,23,26)(H,24,25)/t8-/m1/s1. The molecule has 0 fully saturated rings. The van der Waals surface area contributed by atoms with Gasteiger partial charge in [-0.2, -0.15) is 18.3 Å². The minimum absolute atomic E-state index is 0.0499. The Kier molecular flexibility index (Phi) is 5.59. The van der Waals surface area contributed by atoms with E-state index in [0.717, 1.165) is 6.07 Å². The minimum Gasteiger partial charge on any atom is -0.455 e. The molecule has 1 heterocycles. The van der Waals surface area contributed by atoms with Gasteiger partial charge in [0.1, 0.15) is 5.82 Å². The van der Waals surface area contributed by atoms with E-state index in [4.69, 9.17) is 16.3 Å². The molecule has 1 amide bonds. The summed E-state index contributed by atoms with van der Waals surface area (Å²) in [6, 6.07) is 3.53. The number of carbonyl (C=O) groups excluding carboxylic acids is 2. The summed E-state index contributed by atoms with van der Waals surface area (Å²) in [7, 11) is 0. The van der Waals surface area contributed by atoms with E-state index in [9.17, 15) is 27.2 Å². The molecule has 11 heteroatoms. The van der Waals surface area contributed by atoms with Gasteiger partial charge in [-0.3, -0.25) is 14.7 Å². The Labute approximate surface area is 161 Å². The van der Waals surface area contributed by atoms with Crippen LogP contribution in [0.15, 0.2) is 18.2 Å². The number of hydrogen-bond acceptors (Lipinski definition) is 4. The summed E-state index contributed by atoms with van der Waals surface area (Å²) in [6.07, 6.45) is -4.29. The number of H-pyrrole nitrogens is 1. The van der Waals surface area contributed by atoms with Gasteiger partial charge in [-0.25, -0.2) is 4.39 Å². The van der Waals surface area contributed by atoms with Gasteiger partial charge in [-0.1, -0.05) is 11.6 Å². The van der Waals surface area contributed by atoms with E-state index < -0.39 is 42.1 Å². The molecule has 1 aliphatic carbocycles. The van der Waals surface area contributed by atoms with Gasteiger partial charge in [0, 0.05) is 16.9 Å². The molecule has 150 valence electrons. The number of aromatic nitrogens is 2. The molecule has 2 aromatic rings. The molecule has 0 spiro atoms. The second kappa shape index (κ2) is 7.78. The molecular weight excluding hydrogens is 406 g/mol. The molecule has 1 aromatic carbocycles. The number of halogens is 5. The molecular formula is C17H14ClF4N3O3. The van der Waals surface area contributed by atoms with Crippen molar-refractivity contribution < 1.29 is 31.9 Å². The fourth-order valence-corrected chi connectivity index (χ4v) is 3.14. The summed E-state index contributed by atoms with van der Waals surface area (Å²) >= 11 is 5.60. The Balaban J connectivity index is 1.56. The number of esters is 1. The third-order valence-corrected chi connectivity index (χ3v) is 4.59. The number of alkyl halides is 3. The van der Waals surface area contributed by atoms with Crippen LogP contribution < -0.4 is 5.32 Å². The zero-order valence-corrected chi connectivity index (χ0v) is 15.0. The van der Waals surface area contributed by atoms with Crippen LogP contribution in [0, 0.1) is 11.7 Å². The molecule has 28 heavy (non-hydrogen) atoms. The van der Waals surface area contributed by atoms with E-state index in [0.29, 0.717) is 5.69 Å². The molecule has 0 saturated carbocycles. The van der Waals surface area contributed by atoms with Crippen molar-refractivity contribution in [1.29, 1.82) is 0 Å². The van der Waals surface area contributed by atoms with Crippen LogP contribution in [0.2, 0.25) is 5.02 Å². The largest absolute Gasteiger partial charge is 0.455 e. The van der Waals surface area contributed by atoms with Crippen LogP contribution in [0.25, 0.3) is 0 Å². The number of amides is 1. The van der Waals surface area contributed by atoms with E-state index in [2.05, 4.69) is 15.5 Å². The highest BCUT2D eigenvalue weighted by atomic mass is 35.5. The molecule has 1 atom stereocenters. The number of carbonyl (C=O) groups is 2. The number of rotatable bonds is 4. The summed E-state index contributed by atoms with van der Waals surface area (Å²) in [4.78, 5) is 24.0. The zero-order chi connectivity index (χ0) is 20.5. The van der Waals surface area contributed by atoms with Gasteiger partial charge < -0.3 is 10.1 Å². The normalized spacial score (nSPS) is 16.4. The number of ether oxygens (including phenoxy) is 1. The number of nitrogens with one attached hydrogen (secondary N) is 2. The zero-order valence-electron chi connectivity index (χ0n) is 14.2. The van der Waals surface area contributed by atoms with Gasteiger partial charge in [0.25, 0.3) is 5.91 Å². The first-order valence-corrected chi connectivity index (χ1v) is 8.58. The number of anilines is 1. The Morgan fingerprint density at radius 1 is 1.36 bits per heavy atom. The smallest absolute Gasteiger partial charge is 0.435 e. The van der Waals surface area contributed by atoms with Crippen LogP contribution in [0.1, 0.15) is 23.4 Å². The molecule has 3 rings (SSSR count). The number of fused-ring (bicyclic) bond motifs is 1. The number of aryl methyl sites for hydroxylation is 1. The van der Waals surface area contributed by atoms with Gasteiger partial charge in [0.15, 0.2) is 12.3 Å². The van der Waals surface area contributed by atoms with E-state index in [-0.39, 0.29) is 35.5 Å². The highest BCUT2D eigenvalue weighted by molar-refractivity contribution is 6.31. The molecule has 0 bridgehead atoms. The molecule has 1 aromatic heterocycles. The van der Waals surface area contributed by atoms with Crippen LogP contribution in [0.5, 0.6) is 0 Å². The van der Waals surface area contributed by atoms with Gasteiger partial charge in [0.05, 0.1) is 10.9 Å². The quantitative estimate of drug-likeness (QED) is 0.587. The van der Waals surface area contributed by atoms with E-state index in [1.165, 1.54) is 12.1 Å². The minimum atomic E-state index is -4.62. The lowest BCUT2D eigenvalue weighted by molar-refractivity contribution is -0.152. The van der Waals surface area contributed by atoms with Crippen molar-refractivity contribution in [3.63, 3.8) is 0 Å². The van der Waals surface area contributed by atoms with Crippen molar-refractivity contribution in [2.24, 2.45) is 5.92 Å². The summed E-state index contributed by atoms with van der Waals surface area (Å²) in [6.45, 7) is -0.630. The lowest BCUT2D eigenvalue weighted by atomic mass is 9.86. The molecule has 6 nitrogen and oxygen atoms in total. The van der Waals surface area contributed by atoms with E-state index >= 15 is 0 Å². The Morgan fingerprint density at radius 2 is 2.11 bits per heavy atom. The highest BCUT2D eigenvalue weighted by Crippen LogP contribution is 2.36. The van der Waals surface area contributed by atoms with Gasteiger partial charge >= 0.3 is 12.1 Å². The Morgan fingerprint density at radius 3 is 2.79 bits per heavy atom. The van der Waals surface area contributed by atoms with Crippen LogP contribution in [0.4, 0.5) is 23.2 Å². The fourth-order valence-electron chi connectivity index (χ4n) is 2.96. The number of benzene rings is 1. The number of nitrogens with zero attached hydrogens (tertiary/aromatic N) is 1. The van der Waals surface area contributed by atoms with Crippen LogP contribution >= 0.6 is 11.6 Å². The van der Waals surface area contributed by atoms with Gasteiger partial charge in [-0.15, -0.1) is 0 Å². The van der Waals surface area contributed by atoms with Crippen molar-refractivity contribution in [3.8, 4) is 0 Å².